The van der Waals surface area contributed by atoms with E-state index < -0.39 is 0 Å². The van der Waals surface area contributed by atoms with Gasteiger partial charge in [-0.2, -0.15) is 0 Å². The molecule has 27 heavy (non-hydrogen) atoms. The minimum absolute atomic E-state index is 0.127. The molecule has 5 heteroatoms. The summed E-state index contributed by atoms with van der Waals surface area (Å²) in [7, 11) is 0. The van der Waals surface area contributed by atoms with Crippen molar-refractivity contribution < 1.29 is 4.79 Å². The van der Waals surface area contributed by atoms with Gasteiger partial charge in [0.1, 0.15) is 5.69 Å². The summed E-state index contributed by atoms with van der Waals surface area (Å²) in [6, 6.07) is 18.3. The van der Waals surface area contributed by atoms with Crippen LogP contribution in [0.5, 0.6) is 0 Å². The smallest absolute Gasteiger partial charge is 0.270 e. The summed E-state index contributed by atoms with van der Waals surface area (Å²) in [5, 5.41) is 2.99. The van der Waals surface area contributed by atoms with Crippen molar-refractivity contribution in [3.05, 3.63) is 83.9 Å². The number of rotatable bonds is 6. The summed E-state index contributed by atoms with van der Waals surface area (Å²) >= 11 is 0. The maximum absolute atomic E-state index is 12.6. The first kappa shape index (κ1) is 17.5. The number of nitrogens with zero attached hydrogens (tertiary/aromatic N) is 3. The summed E-state index contributed by atoms with van der Waals surface area (Å²) in [5.74, 6) is -0.127. The lowest BCUT2D eigenvalue weighted by atomic mass is 10.1. The molecule has 3 aromatic rings. The van der Waals surface area contributed by atoms with Crippen LogP contribution in [0.2, 0.25) is 0 Å². The highest BCUT2D eigenvalue weighted by Gasteiger charge is 2.13. The topological polar surface area (TPSA) is 50.2 Å². The summed E-state index contributed by atoms with van der Waals surface area (Å²) in [6.07, 6.45) is 5.88. The van der Waals surface area contributed by atoms with Crippen LogP contribution >= 0.6 is 0 Å². The maximum atomic E-state index is 12.6. The van der Waals surface area contributed by atoms with Gasteiger partial charge in [-0.3, -0.25) is 14.3 Å². The molecule has 0 bridgehead atoms. The van der Waals surface area contributed by atoms with E-state index in [4.69, 9.17) is 0 Å². The minimum atomic E-state index is -0.127. The first-order valence-corrected chi connectivity index (χ1v) is 9.46. The van der Waals surface area contributed by atoms with Crippen molar-refractivity contribution in [1.29, 1.82) is 0 Å². The zero-order valence-electron chi connectivity index (χ0n) is 15.3. The number of amides is 1. The number of hydrogen-bond acceptors (Lipinski definition) is 3. The van der Waals surface area contributed by atoms with Gasteiger partial charge in [-0.05, 0) is 49.2 Å². The molecule has 138 valence electrons. The number of nitrogens with one attached hydrogen (secondary N) is 1. The van der Waals surface area contributed by atoms with Crippen molar-refractivity contribution in [3.63, 3.8) is 0 Å². The zero-order chi connectivity index (χ0) is 18.5. The molecule has 0 spiro atoms. The molecule has 0 saturated carbocycles. The van der Waals surface area contributed by atoms with Crippen molar-refractivity contribution in [2.45, 2.75) is 25.9 Å². The summed E-state index contributed by atoms with van der Waals surface area (Å²) < 4.78 is 1.80. The van der Waals surface area contributed by atoms with E-state index in [1.165, 1.54) is 31.5 Å². The number of aromatic nitrogens is 2. The first-order chi connectivity index (χ1) is 13.3. The van der Waals surface area contributed by atoms with E-state index >= 15 is 0 Å². The van der Waals surface area contributed by atoms with Gasteiger partial charge in [0.15, 0.2) is 0 Å². The Hall–Kier alpha value is -2.92. The van der Waals surface area contributed by atoms with E-state index in [0.717, 1.165) is 17.8 Å². The van der Waals surface area contributed by atoms with E-state index in [1.54, 1.807) is 17.1 Å². The molecule has 1 aliphatic heterocycles. The molecule has 1 aliphatic rings. The van der Waals surface area contributed by atoms with Gasteiger partial charge in [-0.1, -0.05) is 42.5 Å². The number of carbonyl (C=O) groups is 1. The summed E-state index contributed by atoms with van der Waals surface area (Å²) in [5.41, 5.74) is 3.88. The number of imidazole rings is 1. The normalized spacial score (nSPS) is 14.4. The fourth-order valence-corrected chi connectivity index (χ4v) is 3.49. The number of hydrogen-bond donors (Lipinski definition) is 1. The molecule has 4 rings (SSSR count). The number of para-hydroxylation sites is 1. The monoisotopic (exact) mass is 360 g/mol. The van der Waals surface area contributed by atoms with Gasteiger partial charge in [0.2, 0.25) is 0 Å². The molecule has 2 heterocycles. The first-order valence-electron chi connectivity index (χ1n) is 9.46. The van der Waals surface area contributed by atoms with Crippen LogP contribution in [0.25, 0.3) is 5.69 Å². The number of likely N-dealkylation sites (tertiary alicyclic amines) is 1. The van der Waals surface area contributed by atoms with Gasteiger partial charge < -0.3 is 5.32 Å². The van der Waals surface area contributed by atoms with Crippen LogP contribution in [0.4, 0.5) is 0 Å². The minimum Gasteiger partial charge on any atom is -0.347 e. The highest BCUT2D eigenvalue weighted by atomic mass is 16.1. The second kappa shape index (κ2) is 8.18. The molecular weight excluding hydrogens is 336 g/mol. The Labute approximate surface area is 159 Å². The third-order valence-electron chi connectivity index (χ3n) is 4.99. The van der Waals surface area contributed by atoms with Crippen LogP contribution in [-0.4, -0.2) is 33.4 Å². The third-order valence-corrected chi connectivity index (χ3v) is 4.99. The fourth-order valence-electron chi connectivity index (χ4n) is 3.49. The highest BCUT2D eigenvalue weighted by Crippen LogP contribution is 2.14. The largest absolute Gasteiger partial charge is 0.347 e. The highest BCUT2D eigenvalue weighted by molar-refractivity contribution is 5.92. The standard InChI is InChI=1S/C22H24N4O/c27-22(21-15-23-17-26(21)20-6-2-1-3-7-20)24-14-18-8-10-19(11-9-18)16-25-12-4-5-13-25/h1-3,6-11,15,17H,4-5,12-14,16H2,(H,24,27). The quantitative estimate of drug-likeness (QED) is 0.733. The van der Waals surface area contributed by atoms with Crippen molar-refractivity contribution in [3.8, 4) is 5.69 Å². The Morgan fingerprint density at radius 1 is 0.963 bits per heavy atom. The lowest BCUT2D eigenvalue weighted by Gasteiger charge is -2.14. The molecule has 1 aromatic heterocycles. The molecule has 0 radical (unpaired) electrons. The van der Waals surface area contributed by atoms with E-state index in [2.05, 4.69) is 39.5 Å². The average Bonchev–Trinajstić information content (AvgIpc) is 3.40. The van der Waals surface area contributed by atoms with Crippen molar-refractivity contribution in [2.24, 2.45) is 0 Å². The molecule has 1 N–H and O–H groups in total. The van der Waals surface area contributed by atoms with Crippen LogP contribution in [0.15, 0.2) is 67.1 Å². The van der Waals surface area contributed by atoms with Gasteiger partial charge in [-0.15, -0.1) is 0 Å². The predicted octanol–water partition coefficient (Wildman–Crippen LogP) is 3.40. The van der Waals surface area contributed by atoms with Gasteiger partial charge in [0.25, 0.3) is 5.91 Å². The molecule has 1 amide bonds. The van der Waals surface area contributed by atoms with E-state index in [0.29, 0.717) is 12.2 Å². The second-order valence-electron chi connectivity index (χ2n) is 6.97. The third kappa shape index (κ3) is 4.26. The van der Waals surface area contributed by atoms with Gasteiger partial charge >= 0.3 is 0 Å². The molecule has 0 atom stereocenters. The number of carbonyl (C=O) groups excluding carboxylic acids is 1. The average molecular weight is 360 g/mol. The Balaban J connectivity index is 1.36. The molecule has 2 aromatic carbocycles. The van der Waals surface area contributed by atoms with E-state index in [-0.39, 0.29) is 5.91 Å². The Bertz CT molecular complexity index is 880. The van der Waals surface area contributed by atoms with Crippen molar-refractivity contribution >= 4 is 5.91 Å². The van der Waals surface area contributed by atoms with Crippen LogP contribution in [0, 0.1) is 0 Å². The van der Waals surface area contributed by atoms with Crippen molar-refractivity contribution in [1.82, 2.24) is 19.8 Å². The van der Waals surface area contributed by atoms with Gasteiger partial charge in [-0.25, -0.2) is 4.98 Å². The van der Waals surface area contributed by atoms with Crippen LogP contribution < -0.4 is 5.32 Å². The van der Waals surface area contributed by atoms with Crippen LogP contribution in [-0.2, 0) is 13.1 Å². The van der Waals surface area contributed by atoms with Crippen LogP contribution in [0.1, 0.15) is 34.5 Å². The van der Waals surface area contributed by atoms with Gasteiger partial charge in [0.05, 0.1) is 12.5 Å². The van der Waals surface area contributed by atoms with Crippen molar-refractivity contribution in [2.75, 3.05) is 13.1 Å². The lowest BCUT2D eigenvalue weighted by molar-refractivity contribution is 0.0944. The molecular formula is C22H24N4O. The summed E-state index contributed by atoms with van der Waals surface area (Å²) in [6.45, 7) is 3.92. The molecule has 0 unspecified atom stereocenters. The van der Waals surface area contributed by atoms with E-state index in [1.807, 2.05) is 30.3 Å². The molecule has 1 saturated heterocycles. The lowest BCUT2D eigenvalue weighted by Crippen LogP contribution is -2.25. The second-order valence-corrected chi connectivity index (χ2v) is 6.97. The summed E-state index contributed by atoms with van der Waals surface area (Å²) in [4.78, 5) is 19.2. The molecule has 1 fully saturated rings. The number of benzene rings is 2. The Kier molecular flexibility index (Phi) is 5.30. The molecule has 5 nitrogen and oxygen atoms in total. The molecule has 0 aliphatic carbocycles. The van der Waals surface area contributed by atoms with Crippen LogP contribution in [0.3, 0.4) is 0 Å². The fraction of sp³-hybridized carbons (Fsp3) is 0.273. The Morgan fingerprint density at radius 3 is 2.41 bits per heavy atom. The predicted molar refractivity (Wildman–Crippen MR) is 106 cm³/mol. The zero-order valence-corrected chi connectivity index (χ0v) is 15.3. The van der Waals surface area contributed by atoms with Gasteiger partial charge in [0, 0.05) is 18.8 Å². The maximum Gasteiger partial charge on any atom is 0.270 e. The Morgan fingerprint density at radius 2 is 1.67 bits per heavy atom. The SMILES string of the molecule is O=C(NCc1ccc(CN2CCCC2)cc1)c1cncn1-c1ccccc1. The van der Waals surface area contributed by atoms with E-state index in [9.17, 15) is 4.79 Å².